The Morgan fingerprint density at radius 2 is 1.64 bits per heavy atom. The summed E-state index contributed by atoms with van der Waals surface area (Å²) < 4.78 is 29.1. The highest BCUT2D eigenvalue weighted by Crippen LogP contribution is 2.43. The average molecular weight is 525 g/mol. The molecule has 0 spiro atoms. The van der Waals surface area contributed by atoms with E-state index in [-0.39, 0.29) is 16.7 Å². The van der Waals surface area contributed by atoms with E-state index < -0.39 is 28.0 Å². The smallest absolute Gasteiger partial charge is 0.308 e. The SMILES string of the molecule is Cc1ccc(S(=O)(=O)N2C[C@@H](C(=O)O)[C@H](SCc3ccccc3)C[C@H]2c2ccc(N(C)C)cc2)cc1. The number of aryl methyl sites for hydroxylation is 1. The van der Waals surface area contributed by atoms with Gasteiger partial charge in [-0.05, 0) is 48.7 Å². The fourth-order valence-electron chi connectivity index (χ4n) is 4.55. The lowest BCUT2D eigenvalue weighted by Gasteiger charge is -2.42. The largest absolute Gasteiger partial charge is 0.481 e. The van der Waals surface area contributed by atoms with Crippen molar-refractivity contribution in [1.82, 2.24) is 4.31 Å². The van der Waals surface area contributed by atoms with Gasteiger partial charge in [0.05, 0.1) is 16.9 Å². The first-order chi connectivity index (χ1) is 17.2. The van der Waals surface area contributed by atoms with Crippen LogP contribution in [0.5, 0.6) is 0 Å². The highest BCUT2D eigenvalue weighted by Gasteiger charge is 2.45. The van der Waals surface area contributed by atoms with Gasteiger partial charge in [0.15, 0.2) is 0 Å². The lowest BCUT2D eigenvalue weighted by molar-refractivity contribution is -0.143. The molecule has 3 atom stereocenters. The van der Waals surface area contributed by atoms with Crippen LogP contribution in [0.3, 0.4) is 0 Å². The van der Waals surface area contributed by atoms with Crippen LogP contribution in [0.2, 0.25) is 0 Å². The molecule has 36 heavy (non-hydrogen) atoms. The van der Waals surface area contributed by atoms with Crippen molar-refractivity contribution in [3.8, 4) is 0 Å². The molecule has 0 radical (unpaired) electrons. The van der Waals surface area contributed by atoms with Gasteiger partial charge in [0.2, 0.25) is 10.0 Å². The maximum absolute atomic E-state index is 13.8. The van der Waals surface area contributed by atoms with Gasteiger partial charge in [0.25, 0.3) is 0 Å². The molecule has 3 aromatic carbocycles. The van der Waals surface area contributed by atoms with E-state index in [2.05, 4.69) is 0 Å². The fourth-order valence-corrected chi connectivity index (χ4v) is 7.55. The average Bonchev–Trinajstić information content (AvgIpc) is 2.87. The standard InChI is InChI=1S/C28H32N2O4S2/c1-20-9-15-24(16-10-20)36(33,34)30-18-25(28(31)32)27(35-19-21-7-5-4-6-8-21)17-26(30)22-11-13-23(14-12-22)29(2)3/h4-16,25-27H,17-19H2,1-3H3,(H,31,32)/t25-,26+,27-/m1/s1. The van der Waals surface area contributed by atoms with Crippen molar-refractivity contribution in [2.24, 2.45) is 5.92 Å². The number of carboxylic acid groups (broad SMARTS) is 1. The van der Waals surface area contributed by atoms with Gasteiger partial charge in [-0.2, -0.15) is 16.1 Å². The van der Waals surface area contributed by atoms with Gasteiger partial charge in [0, 0.05) is 37.3 Å². The van der Waals surface area contributed by atoms with Crippen molar-refractivity contribution >= 4 is 33.4 Å². The molecule has 1 aliphatic rings. The second-order valence-corrected chi connectivity index (χ2v) is 12.5. The van der Waals surface area contributed by atoms with Crippen LogP contribution in [0.25, 0.3) is 0 Å². The third-order valence-electron chi connectivity index (χ3n) is 6.67. The Labute approximate surface area is 218 Å². The number of rotatable bonds is 8. The summed E-state index contributed by atoms with van der Waals surface area (Å²) in [6.45, 7) is 1.83. The molecule has 0 unspecified atom stereocenters. The number of thioether (sulfide) groups is 1. The van der Waals surface area contributed by atoms with Crippen LogP contribution in [-0.2, 0) is 20.6 Å². The number of anilines is 1. The first kappa shape index (κ1) is 26.3. The monoisotopic (exact) mass is 524 g/mol. The number of hydrogen-bond acceptors (Lipinski definition) is 5. The Hall–Kier alpha value is -2.81. The Morgan fingerprint density at radius 1 is 1.00 bits per heavy atom. The maximum Gasteiger partial charge on any atom is 0.308 e. The Balaban J connectivity index is 1.71. The van der Waals surface area contributed by atoms with E-state index in [1.54, 1.807) is 36.0 Å². The summed E-state index contributed by atoms with van der Waals surface area (Å²) in [6, 6.07) is 24.1. The molecule has 0 amide bonds. The molecule has 8 heteroatoms. The summed E-state index contributed by atoms with van der Waals surface area (Å²) in [7, 11) is 0.00246. The summed E-state index contributed by atoms with van der Waals surface area (Å²) in [5.74, 6) is -1.10. The number of sulfonamides is 1. The number of aliphatic carboxylic acids is 1. The number of carboxylic acids is 1. The van der Waals surface area contributed by atoms with Crippen LogP contribution in [0.15, 0.2) is 83.8 Å². The molecule has 1 fully saturated rings. The van der Waals surface area contributed by atoms with Gasteiger partial charge in [-0.25, -0.2) is 8.42 Å². The molecule has 6 nitrogen and oxygen atoms in total. The van der Waals surface area contributed by atoms with Crippen LogP contribution in [0.4, 0.5) is 5.69 Å². The molecule has 1 saturated heterocycles. The summed E-state index contributed by atoms with van der Waals surface area (Å²) in [6.07, 6.45) is 0.418. The molecule has 1 N–H and O–H groups in total. The molecular weight excluding hydrogens is 492 g/mol. The highest BCUT2D eigenvalue weighted by molar-refractivity contribution is 7.99. The summed E-state index contributed by atoms with van der Waals surface area (Å²) >= 11 is 1.59. The Morgan fingerprint density at radius 3 is 2.22 bits per heavy atom. The zero-order valence-electron chi connectivity index (χ0n) is 20.7. The van der Waals surface area contributed by atoms with Crippen molar-refractivity contribution in [2.75, 3.05) is 25.5 Å². The molecule has 0 aliphatic carbocycles. The van der Waals surface area contributed by atoms with E-state index >= 15 is 0 Å². The Bertz CT molecular complexity index is 1280. The van der Waals surface area contributed by atoms with Crippen molar-refractivity contribution in [2.45, 2.75) is 35.3 Å². The molecular formula is C28H32N2O4S2. The van der Waals surface area contributed by atoms with Gasteiger partial charge in [-0.3, -0.25) is 4.79 Å². The highest BCUT2D eigenvalue weighted by atomic mass is 32.2. The van der Waals surface area contributed by atoms with Crippen LogP contribution in [-0.4, -0.2) is 49.7 Å². The van der Waals surface area contributed by atoms with Gasteiger partial charge in [-0.1, -0.05) is 60.2 Å². The predicted octanol–water partition coefficient (Wildman–Crippen LogP) is 5.20. The van der Waals surface area contributed by atoms with E-state index in [1.807, 2.05) is 80.5 Å². The van der Waals surface area contributed by atoms with E-state index in [0.717, 1.165) is 22.4 Å². The van der Waals surface area contributed by atoms with Gasteiger partial charge in [-0.15, -0.1) is 0 Å². The number of carbonyl (C=O) groups is 1. The number of hydrogen-bond donors (Lipinski definition) is 1. The van der Waals surface area contributed by atoms with E-state index in [1.165, 1.54) is 4.31 Å². The number of nitrogens with zero attached hydrogens (tertiary/aromatic N) is 2. The zero-order chi connectivity index (χ0) is 25.9. The molecule has 190 valence electrons. The summed E-state index contributed by atoms with van der Waals surface area (Å²) in [5.41, 5.74) is 3.96. The molecule has 3 aromatic rings. The van der Waals surface area contributed by atoms with Gasteiger partial charge >= 0.3 is 5.97 Å². The molecule has 4 rings (SSSR count). The molecule has 0 saturated carbocycles. The predicted molar refractivity (Wildman–Crippen MR) is 146 cm³/mol. The fraction of sp³-hybridized carbons (Fsp3) is 0.321. The summed E-state index contributed by atoms with van der Waals surface area (Å²) in [5, 5.41) is 9.88. The van der Waals surface area contributed by atoms with Gasteiger partial charge < -0.3 is 10.0 Å². The third kappa shape index (κ3) is 5.77. The number of benzene rings is 3. The zero-order valence-corrected chi connectivity index (χ0v) is 22.4. The second kappa shape index (κ2) is 11.1. The minimum Gasteiger partial charge on any atom is -0.481 e. The number of piperidine rings is 1. The van der Waals surface area contributed by atoms with E-state index in [9.17, 15) is 18.3 Å². The van der Waals surface area contributed by atoms with Crippen molar-refractivity contribution < 1.29 is 18.3 Å². The second-order valence-electron chi connectivity index (χ2n) is 9.41. The molecule has 0 bridgehead atoms. The van der Waals surface area contributed by atoms with E-state index in [0.29, 0.717) is 12.2 Å². The quantitative estimate of drug-likeness (QED) is 0.437. The lowest BCUT2D eigenvalue weighted by Crippen LogP contribution is -2.49. The molecule has 0 aromatic heterocycles. The van der Waals surface area contributed by atoms with Crippen LogP contribution in [0.1, 0.15) is 29.2 Å². The summed E-state index contributed by atoms with van der Waals surface area (Å²) in [4.78, 5) is 14.5. The van der Waals surface area contributed by atoms with Gasteiger partial charge in [0.1, 0.15) is 0 Å². The van der Waals surface area contributed by atoms with Crippen LogP contribution >= 0.6 is 11.8 Å². The first-order valence-corrected chi connectivity index (χ1v) is 14.4. The third-order valence-corrected chi connectivity index (χ3v) is 10.0. The normalized spacial score (nSPS) is 20.7. The van der Waals surface area contributed by atoms with Crippen LogP contribution < -0.4 is 4.90 Å². The minimum absolute atomic E-state index is 0.0713. The minimum atomic E-state index is -3.91. The Kier molecular flexibility index (Phi) is 8.07. The van der Waals surface area contributed by atoms with E-state index in [4.69, 9.17) is 0 Å². The first-order valence-electron chi connectivity index (χ1n) is 11.9. The lowest BCUT2D eigenvalue weighted by atomic mass is 9.90. The van der Waals surface area contributed by atoms with Crippen LogP contribution in [0, 0.1) is 12.8 Å². The van der Waals surface area contributed by atoms with Crippen molar-refractivity contribution in [3.63, 3.8) is 0 Å². The van der Waals surface area contributed by atoms with Crippen molar-refractivity contribution in [1.29, 1.82) is 0 Å². The molecule has 1 aliphatic heterocycles. The topological polar surface area (TPSA) is 77.9 Å². The van der Waals surface area contributed by atoms with Crippen molar-refractivity contribution in [3.05, 3.63) is 95.6 Å². The molecule has 1 heterocycles. The maximum atomic E-state index is 13.8.